The summed E-state index contributed by atoms with van der Waals surface area (Å²) in [6, 6.07) is 8.83. The topological polar surface area (TPSA) is 88.1 Å². The molecule has 0 heterocycles. The maximum Gasteiger partial charge on any atom is 0.229 e. The molecule has 2 rings (SSSR count). The van der Waals surface area contributed by atoms with Gasteiger partial charge in [-0.05, 0) is 37.1 Å². The molecule has 0 aromatic heterocycles. The SMILES string of the molecule is N#CCOc1ccc(NC(=O)C2CCCC2N)cc1. The zero-order valence-corrected chi connectivity index (χ0v) is 10.6. The highest BCUT2D eigenvalue weighted by molar-refractivity contribution is 5.93. The lowest BCUT2D eigenvalue weighted by Crippen LogP contribution is -2.34. The molecule has 2 atom stereocenters. The largest absolute Gasteiger partial charge is 0.479 e. The Balaban J connectivity index is 1.92. The van der Waals surface area contributed by atoms with E-state index in [1.807, 2.05) is 6.07 Å². The first kappa shape index (κ1) is 13.4. The molecule has 1 aliphatic carbocycles. The number of benzene rings is 1. The summed E-state index contributed by atoms with van der Waals surface area (Å²) < 4.78 is 5.14. The van der Waals surface area contributed by atoms with Crippen molar-refractivity contribution in [3.8, 4) is 11.8 Å². The van der Waals surface area contributed by atoms with Gasteiger partial charge in [0.15, 0.2) is 6.61 Å². The van der Waals surface area contributed by atoms with Crippen molar-refractivity contribution in [1.29, 1.82) is 5.26 Å². The van der Waals surface area contributed by atoms with Gasteiger partial charge in [0, 0.05) is 11.7 Å². The van der Waals surface area contributed by atoms with Crippen molar-refractivity contribution in [3.63, 3.8) is 0 Å². The van der Waals surface area contributed by atoms with Crippen LogP contribution in [0.5, 0.6) is 5.75 Å². The highest BCUT2D eigenvalue weighted by Crippen LogP contribution is 2.25. The van der Waals surface area contributed by atoms with Crippen molar-refractivity contribution < 1.29 is 9.53 Å². The predicted octanol–water partition coefficient (Wildman–Crippen LogP) is 1.65. The molecule has 1 aromatic rings. The molecular weight excluding hydrogens is 242 g/mol. The van der Waals surface area contributed by atoms with E-state index in [1.54, 1.807) is 24.3 Å². The van der Waals surface area contributed by atoms with Gasteiger partial charge < -0.3 is 15.8 Å². The van der Waals surface area contributed by atoms with Crippen LogP contribution in [-0.2, 0) is 4.79 Å². The number of carbonyl (C=O) groups excluding carboxylic acids is 1. The van der Waals surface area contributed by atoms with E-state index in [1.165, 1.54) is 0 Å². The monoisotopic (exact) mass is 259 g/mol. The average Bonchev–Trinajstić information content (AvgIpc) is 2.84. The molecule has 3 N–H and O–H groups in total. The minimum Gasteiger partial charge on any atom is -0.479 e. The fraction of sp³-hybridized carbons (Fsp3) is 0.429. The second-order valence-electron chi connectivity index (χ2n) is 4.66. The first-order valence-corrected chi connectivity index (χ1v) is 6.37. The number of ether oxygens (including phenoxy) is 1. The molecule has 5 nitrogen and oxygen atoms in total. The quantitative estimate of drug-likeness (QED) is 0.860. The van der Waals surface area contributed by atoms with Gasteiger partial charge in [-0.1, -0.05) is 6.42 Å². The number of nitriles is 1. The number of rotatable bonds is 4. The molecule has 2 unspecified atom stereocenters. The number of anilines is 1. The zero-order valence-electron chi connectivity index (χ0n) is 10.6. The van der Waals surface area contributed by atoms with E-state index in [2.05, 4.69) is 5.32 Å². The Morgan fingerprint density at radius 3 is 2.74 bits per heavy atom. The van der Waals surface area contributed by atoms with E-state index in [9.17, 15) is 4.79 Å². The van der Waals surface area contributed by atoms with E-state index < -0.39 is 0 Å². The predicted molar refractivity (Wildman–Crippen MR) is 71.5 cm³/mol. The van der Waals surface area contributed by atoms with Gasteiger partial charge >= 0.3 is 0 Å². The van der Waals surface area contributed by atoms with Crippen LogP contribution in [0.15, 0.2) is 24.3 Å². The van der Waals surface area contributed by atoms with Crippen molar-refractivity contribution in [1.82, 2.24) is 0 Å². The van der Waals surface area contributed by atoms with Crippen LogP contribution in [0.1, 0.15) is 19.3 Å². The number of nitrogens with one attached hydrogen (secondary N) is 1. The Morgan fingerprint density at radius 1 is 1.42 bits per heavy atom. The third-order valence-electron chi connectivity index (χ3n) is 3.33. The van der Waals surface area contributed by atoms with Gasteiger partial charge in [0.25, 0.3) is 0 Å². The fourth-order valence-electron chi connectivity index (χ4n) is 2.30. The van der Waals surface area contributed by atoms with E-state index in [0.29, 0.717) is 11.4 Å². The number of amides is 1. The second kappa shape index (κ2) is 6.21. The van der Waals surface area contributed by atoms with Crippen molar-refractivity contribution in [2.45, 2.75) is 25.3 Å². The highest BCUT2D eigenvalue weighted by Gasteiger charge is 2.30. The number of nitrogens with zero attached hydrogens (tertiary/aromatic N) is 1. The van der Waals surface area contributed by atoms with Gasteiger partial charge in [0.2, 0.25) is 5.91 Å². The Morgan fingerprint density at radius 2 is 2.16 bits per heavy atom. The third-order valence-corrected chi connectivity index (χ3v) is 3.33. The van der Waals surface area contributed by atoms with Crippen LogP contribution >= 0.6 is 0 Å². The van der Waals surface area contributed by atoms with Crippen molar-refractivity contribution >= 4 is 11.6 Å². The van der Waals surface area contributed by atoms with Gasteiger partial charge in [0.1, 0.15) is 11.8 Å². The molecule has 1 amide bonds. The van der Waals surface area contributed by atoms with E-state index in [0.717, 1.165) is 19.3 Å². The molecule has 1 saturated carbocycles. The van der Waals surface area contributed by atoms with Gasteiger partial charge in [-0.15, -0.1) is 0 Å². The first-order chi connectivity index (χ1) is 9.20. The smallest absolute Gasteiger partial charge is 0.229 e. The van der Waals surface area contributed by atoms with E-state index in [-0.39, 0.29) is 24.5 Å². The first-order valence-electron chi connectivity index (χ1n) is 6.37. The van der Waals surface area contributed by atoms with Gasteiger partial charge in [-0.3, -0.25) is 4.79 Å². The molecule has 5 heteroatoms. The normalized spacial score (nSPS) is 21.7. The summed E-state index contributed by atoms with van der Waals surface area (Å²) >= 11 is 0. The maximum absolute atomic E-state index is 12.0. The molecule has 0 radical (unpaired) electrons. The molecule has 19 heavy (non-hydrogen) atoms. The number of hydrogen-bond acceptors (Lipinski definition) is 4. The lowest BCUT2D eigenvalue weighted by molar-refractivity contribution is -0.120. The molecule has 100 valence electrons. The number of nitrogens with two attached hydrogens (primary N) is 1. The molecule has 0 spiro atoms. The lowest BCUT2D eigenvalue weighted by Gasteiger charge is -2.15. The van der Waals surface area contributed by atoms with Gasteiger partial charge in [-0.25, -0.2) is 0 Å². The average molecular weight is 259 g/mol. The molecule has 0 bridgehead atoms. The maximum atomic E-state index is 12.0. The van der Waals surface area contributed by atoms with Crippen LogP contribution in [0.25, 0.3) is 0 Å². The highest BCUT2D eigenvalue weighted by atomic mass is 16.5. The summed E-state index contributed by atoms with van der Waals surface area (Å²) in [5.74, 6) is 0.502. The number of carbonyl (C=O) groups is 1. The van der Waals surface area contributed by atoms with Crippen LogP contribution in [0.2, 0.25) is 0 Å². The standard InChI is InChI=1S/C14H17N3O2/c15-8-9-19-11-6-4-10(5-7-11)17-14(18)12-2-1-3-13(12)16/h4-7,12-13H,1-3,9,16H2,(H,17,18). The molecule has 1 fully saturated rings. The van der Waals surface area contributed by atoms with Crippen LogP contribution < -0.4 is 15.8 Å². The van der Waals surface area contributed by atoms with Crippen LogP contribution in [0, 0.1) is 17.2 Å². The summed E-state index contributed by atoms with van der Waals surface area (Å²) in [6.45, 7) is 0.0165. The summed E-state index contributed by atoms with van der Waals surface area (Å²) in [5.41, 5.74) is 6.62. The van der Waals surface area contributed by atoms with Crippen LogP contribution in [0.4, 0.5) is 5.69 Å². The Bertz CT molecular complexity index is 478. The molecule has 1 aromatic carbocycles. The van der Waals surface area contributed by atoms with E-state index in [4.69, 9.17) is 15.7 Å². The van der Waals surface area contributed by atoms with Crippen molar-refractivity contribution in [2.24, 2.45) is 11.7 Å². The fourth-order valence-corrected chi connectivity index (χ4v) is 2.30. The Labute approximate surface area is 112 Å². The van der Waals surface area contributed by atoms with E-state index >= 15 is 0 Å². The number of hydrogen-bond donors (Lipinski definition) is 2. The Kier molecular flexibility index (Phi) is 4.37. The van der Waals surface area contributed by atoms with Gasteiger partial charge in [-0.2, -0.15) is 5.26 Å². The minimum absolute atomic E-state index is 0.0165. The van der Waals surface area contributed by atoms with Crippen molar-refractivity contribution in [3.05, 3.63) is 24.3 Å². The van der Waals surface area contributed by atoms with Crippen LogP contribution in [0.3, 0.4) is 0 Å². The molecular formula is C14H17N3O2. The van der Waals surface area contributed by atoms with Gasteiger partial charge in [0.05, 0.1) is 5.92 Å². The molecule has 0 saturated heterocycles. The third kappa shape index (κ3) is 3.46. The summed E-state index contributed by atoms with van der Waals surface area (Å²) in [5, 5.41) is 11.3. The van der Waals surface area contributed by atoms with Crippen molar-refractivity contribution in [2.75, 3.05) is 11.9 Å². The summed E-state index contributed by atoms with van der Waals surface area (Å²) in [7, 11) is 0. The van der Waals surface area contributed by atoms with Crippen LogP contribution in [-0.4, -0.2) is 18.6 Å². The minimum atomic E-state index is -0.0884. The zero-order chi connectivity index (χ0) is 13.7. The lowest BCUT2D eigenvalue weighted by atomic mass is 10.0. The molecule has 0 aliphatic heterocycles. The summed E-state index contributed by atoms with van der Waals surface area (Å²) in [4.78, 5) is 12.0. The summed E-state index contributed by atoms with van der Waals surface area (Å²) in [6.07, 6.45) is 2.79. The second-order valence-corrected chi connectivity index (χ2v) is 4.66. The Hall–Kier alpha value is -2.06. The molecule has 1 aliphatic rings.